The van der Waals surface area contributed by atoms with Crippen LogP contribution in [0.15, 0.2) is 11.6 Å². The van der Waals surface area contributed by atoms with E-state index < -0.39 is 16.6 Å². The molecule has 1 saturated carbocycles. The van der Waals surface area contributed by atoms with E-state index in [1.54, 1.807) is 0 Å². The molecule has 3 nitrogen and oxygen atoms in total. The third-order valence-electron chi connectivity index (χ3n) is 7.21. The summed E-state index contributed by atoms with van der Waals surface area (Å²) in [6.45, 7) is 23.0. The summed E-state index contributed by atoms with van der Waals surface area (Å²) in [5, 5.41) is 0.328. The first-order valence-electron chi connectivity index (χ1n) is 10.1. The second kappa shape index (κ2) is 6.98. The lowest BCUT2D eigenvalue weighted by molar-refractivity contribution is -0.115. The molecule has 2 aliphatic carbocycles. The fourth-order valence-corrected chi connectivity index (χ4v) is 6.11. The molecule has 0 saturated heterocycles. The van der Waals surface area contributed by atoms with Crippen LogP contribution < -0.4 is 0 Å². The van der Waals surface area contributed by atoms with Crippen LogP contribution in [0, 0.1) is 5.92 Å². The third kappa shape index (κ3) is 4.42. The van der Waals surface area contributed by atoms with Gasteiger partial charge in [-0.1, -0.05) is 47.1 Å². The molecule has 0 aromatic carbocycles. The van der Waals surface area contributed by atoms with Gasteiger partial charge in [0.15, 0.2) is 22.4 Å². The number of rotatable bonds is 4. The van der Waals surface area contributed by atoms with Crippen LogP contribution in [0.4, 0.5) is 0 Å². The van der Waals surface area contributed by atoms with Crippen LogP contribution in [0.2, 0.25) is 36.3 Å². The van der Waals surface area contributed by atoms with Gasteiger partial charge in [0, 0.05) is 12.3 Å². The van der Waals surface area contributed by atoms with Crippen LogP contribution >= 0.6 is 0 Å². The molecule has 0 N–H and O–H groups in total. The average molecular weight is 397 g/mol. The van der Waals surface area contributed by atoms with Gasteiger partial charge in [0.05, 0.1) is 12.2 Å². The van der Waals surface area contributed by atoms with Crippen LogP contribution in [0.25, 0.3) is 0 Å². The molecule has 0 heterocycles. The minimum absolute atomic E-state index is 0.0245. The van der Waals surface area contributed by atoms with E-state index in [0.29, 0.717) is 6.42 Å². The highest BCUT2D eigenvalue weighted by atomic mass is 28.4. The van der Waals surface area contributed by atoms with Crippen LogP contribution in [-0.2, 0) is 13.6 Å². The number of carbonyl (C=O) groups is 1. The molecule has 2 aliphatic rings. The number of hydrogen-bond donors (Lipinski definition) is 0. The molecule has 0 unspecified atom stereocenters. The Morgan fingerprint density at radius 3 is 1.92 bits per heavy atom. The van der Waals surface area contributed by atoms with Crippen LogP contribution in [0.5, 0.6) is 0 Å². The van der Waals surface area contributed by atoms with Crippen molar-refractivity contribution in [1.82, 2.24) is 0 Å². The van der Waals surface area contributed by atoms with Crippen molar-refractivity contribution < 1.29 is 13.6 Å². The summed E-state index contributed by atoms with van der Waals surface area (Å²) in [7, 11) is -3.83. The first-order valence-corrected chi connectivity index (χ1v) is 16.0. The van der Waals surface area contributed by atoms with E-state index in [1.807, 2.05) is 6.08 Å². The molecule has 0 aliphatic heterocycles. The molecule has 1 fully saturated rings. The van der Waals surface area contributed by atoms with Gasteiger partial charge in [-0.25, -0.2) is 0 Å². The summed E-state index contributed by atoms with van der Waals surface area (Å²) < 4.78 is 13.8. The maximum Gasteiger partial charge on any atom is 0.192 e. The van der Waals surface area contributed by atoms with Gasteiger partial charge in [0.2, 0.25) is 0 Å². The number of allylic oxidation sites excluding steroid dienone is 1. The average Bonchev–Trinajstić information content (AvgIpc) is 2.79. The second-order valence-corrected chi connectivity index (χ2v) is 20.8. The highest BCUT2D eigenvalue weighted by Gasteiger charge is 2.49. The summed E-state index contributed by atoms with van der Waals surface area (Å²) >= 11 is 0. The van der Waals surface area contributed by atoms with Crippen molar-refractivity contribution in [3.63, 3.8) is 0 Å². The highest BCUT2D eigenvalue weighted by Crippen LogP contribution is 2.47. The van der Waals surface area contributed by atoms with Crippen LogP contribution in [0.3, 0.4) is 0 Å². The van der Waals surface area contributed by atoms with E-state index in [4.69, 9.17) is 8.85 Å². The van der Waals surface area contributed by atoms with E-state index in [9.17, 15) is 4.79 Å². The number of hydrogen-bond acceptors (Lipinski definition) is 3. The Morgan fingerprint density at radius 2 is 1.42 bits per heavy atom. The summed E-state index contributed by atoms with van der Waals surface area (Å²) in [5.41, 5.74) is 1.30. The summed E-state index contributed by atoms with van der Waals surface area (Å²) in [6, 6.07) is 0. The minimum atomic E-state index is -1.94. The lowest BCUT2D eigenvalue weighted by Crippen LogP contribution is -2.55. The molecular formula is C21H40O3Si2. The van der Waals surface area contributed by atoms with Crippen LogP contribution in [-0.4, -0.2) is 34.6 Å². The Labute approximate surface area is 163 Å². The molecule has 0 radical (unpaired) electrons. The zero-order valence-electron chi connectivity index (χ0n) is 18.7. The molecule has 0 aromatic rings. The minimum Gasteiger partial charge on any atom is -0.411 e. The van der Waals surface area contributed by atoms with E-state index in [1.165, 1.54) is 5.57 Å². The Balaban J connectivity index is 2.31. The number of carbonyl (C=O) groups excluding carboxylic acids is 1. The van der Waals surface area contributed by atoms with Crippen molar-refractivity contribution in [3.05, 3.63) is 11.6 Å². The van der Waals surface area contributed by atoms with E-state index >= 15 is 0 Å². The molecule has 3 atom stereocenters. The van der Waals surface area contributed by atoms with Crippen molar-refractivity contribution in [2.75, 3.05) is 0 Å². The normalized spacial score (nSPS) is 28.2. The van der Waals surface area contributed by atoms with Gasteiger partial charge in [-0.05, 0) is 55.2 Å². The standard InChI is InChI=1S/C21H40O3Si2/c1-20(2,3)25(7,8)23-18-12-11-15-13-16(22)14-17(15)19(18)24-26(9,10)21(4,5)6/h13,17-19H,11-12,14H2,1-10H3/t17-,18-,19-/m0/s1. The quantitative estimate of drug-likeness (QED) is 0.540. The Bertz CT molecular complexity index is 579. The second-order valence-electron chi connectivity index (χ2n) is 11.3. The van der Waals surface area contributed by atoms with Gasteiger partial charge in [-0.2, -0.15) is 0 Å². The highest BCUT2D eigenvalue weighted by molar-refractivity contribution is 6.74. The number of fused-ring (bicyclic) bond motifs is 1. The SMILES string of the molecule is CC(C)(C)[Si](C)(C)O[C@@H]1[C@@H](O[Si](C)(C)C(C)(C)C)CCC2=CC(=O)C[C@@H]21. The first-order chi connectivity index (χ1) is 11.6. The molecule has 26 heavy (non-hydrogen) atoms. The van der Waals surface area contributed by atoms with Gasteiger partial charge >= 0.3 is 0 Å². The Morgan fingerprint density at radius 1 is 0.923 bits per heavy atom. The largest absolute Gasteiger partial charge is 0.411 e. The lowest BCUT2D eigenvalue weighted by Gasteiger charge is -2.49. The molecule has 0 amide bonds. The van der Waals surface area contributed by atoms with E-state index in [2.05, 4.69) is 67.7 Å². The number of ketones is 1. The Hall–Kier alpha value is -0.236. The molecule has 0 bridgehead atoms. The fraction of sp³-hybridized carbons (Fsp3) is 0.857. The maximum absolute atomic E-state index is 12.1. The van der Waals surface area contributed by atoms with Crippen molar-refractivity contribution >= 4 is 22.4 Å². The van der Waals surface area contributed by atoms with Gasteiger partial charge < -0.3 is 8.85 Å². The molecule has 2 rings (SSSR count). The van der Waals surface area contributed by atoms with Crippen molar-refractivity contribution in [2.45, 2.75) is 109 Å². The predicted octanol–water partition coefficient (Wildman–Crippen LogP) is 6.08. The van der Waals surface area contributed by atoms with Crippen LogP contribution in [0.1, 0.15) is 60.8 Å². The van der Waals surface area contributed by atoms with E-state index in [-0.39, 0.29) is 34.0 Å². The topological polar surface area (TPSA) is 35.5 Å². The summed E-state index contributed by atoms with van der Waals surface area (Å²) in [5.74, 6) is 0.488. The first kappa shape index (κ1) is 22.1. The van der Waals surface area contributed by atoms with Gasteiger partial charge in [0.25, 0.3) is 0 Å². The smallest absolute Gasteiger partial charge is 0.192 e. The maximum atomic E-state index is 12.1. The lowest BCUT2D eigenvalue weighted by atomic mass is 9.82. The molecule has 0 aromatic heterocycles. The molecule has 5 heteroatoms. The molecule has 0 spiro atoms. The fourth-order valence-electron chi connectivity index (χ4n) is 3.39. The zero-order valence-corrected chi connectivity index (χ0v) is 20.7. The van der Waals surface area contributed by atoms with Crippen molar-refractivity contribution in [2.24, 2.45) is 5.92 Å². The molecular weight excluding hydrogens is 356 g/mol. The van der Waals surface area contributed by atoms with Gasteiger partial charge in [-0.15, -0.1) is 0 Å². The van der Waals surface area contributed by atoms with Gasteiger partial charge in [0.1, 0.15) is 0 Å². The summed E-state index contributed by atoms with van der Waals surface area (Å²) in [6.07, 6.45) is 4.57. The van der Waals surface area contributed by atoms with Gasteiger partial charge in [-0.3, -0.25) is 4.79 Å². The van der Waals surface area contributed by atoms with E-state index in [0.717, 1.165) is 12.8 Å². The molecule has 150 valence electrons. The predicted molar refractivity (Wildman–Crippen MR) is 115 cm³/mol. The van der Waals surface area contributed by atoms with Crippen molar-refractivity contribution in [1.29, 1.82) is 0 Å². The third-order valence-corrected chi connectivity index (χ3v) is 16.2. The van der Waals surface area contributed by atoms with Crippen molar-refractivity contribution in [3.8, 4) is 0 Å². The Kier molecular flexibility index (Phi) is 5.92. The summed E-state index contributed by atoms with van der Waals surface area (Å²) in [4.78, 5) is 12.1. The monoisotopic (exact) mass is 396 g/mol. The zero-order chi connectivity index (χ0) is 20.1.